The number of benzene rings is 2. The van der Waals surface area contributed by atoms with Gasteiger partial charge < -0.3 is 15.4 Å². The third kappa shape index (κ3) is 5.45. The van der Waals surface area contributed by atoms with Crippen molar-refractivity contribution in [2.24, 2.45) is 5.92 Å². The van der Waals surface area contributed by atoms with E-state index < -0.39 is 0 Å². The third-order valence-electron chi connectivity index (χ3n) is 3.90. The van der Waals surface area contributed by atoms with Crippen molar-refractivity contribution in [1.29, 1.82) is 0 Å². The number of aromatic nitrogens is 2. The first-order valence-electron chi connectivity index (χ1n) is 9.32. The molecule has 0 aliphatic carbocycles. The normalized spacial score (nSPS) is 10.7. The van der Waals surface area contributed by atoms with Crippen molar-refractivity contribution in [3.8, 4) is 17.0 Å². The predicted octanol–water partition coefficient (Wildman–Crippen LogP) is 5.35. The van der Waals surface area contributed by atoms with E-state index in [2.05, 4.69) is 46.6 Å². The SMILES string of the molecule is CCOc1ccc(Nc2cc(-c3ccccc3)nc(NCC(C)C)n2)cc1. The van der Waals surface area contributed by atoms with Gasteiger partial charge in [-0.2, -0.15) is 4.98 Å². The molecule has 5 nitrogen and oxygen atoms in total. The number of rotatable bonds is 8. The zero-order valence-corrected chi connectivity index (χ0v) is 16.1. The molecule has 0 aliphatic heterocycles. The van der Waals surface area contributed by atoms with Crippen molar-refractivity contribution in [2.45, 2.75) is 20.8 Å². The lowest BCUT2D eigenvalue weighted by Gasteiger charge is -2.13. The molecule has 0 saturated heterocycles. The second-order valence-corrected chi connectivity index (χ2v) is 6.69. The topological polar surface area (TPSA) is 59.1 Å². The van der Waals surface area contributed by atoms with E-state index in [-0.39, 0.29) is 0 Å². The van der Waals surface area contributed by atoms with E-state index in [1.54, 1.807) is 0 Å². The molecule has 0 unspecified atom stereocenters. The molecule has 3 rings (SSSR count). The van der Waals surface area contributed by atoms with Gasteiger partial charge in [0.2, 0.25) is 5.95 Å². The Morgan fingerprint density at radius 1 is 0.963 bits per heavy atom. The van der Waals surface area contributed by atoms with Crippen LogP contribution in [0.15, 0.2) is 60.7 Å². The second kappa shape index (κ2) is 9.03. The van der Waals surface area contributed by atoms with Crippen LogP contribution in [0.1, 0.15) is 20.8 Å². The van der Waals surface area contributed by atoms with Crippen LogP contribution >= 0.6 is 0 Å². The van der Waals surface area contributed by atoms with Crippen molar-refractivity contribution < 1.29 is 4.74 Å². The maximum Gasteiger partial charge on any atom is 0.225 e. The molecule has 0 atom stereocenters. The van der Waals surface area contributed by atoms with E-state index in [4.69, 9.17) is 4.74 Å². The van der Waals surface area contributed by atoms with Crippen molar-refractivity contribution in [1.82, 2.24) is 9.97 Å². The van der Waals surface area contributed by atoms with Gasteiger partial charge in [-0.3, -0.25) is 0 Å². The Morgan fingerprint density at radius 3 is 2.37 bits per heavy atom. The summed E-state index contributed by atoms with van der Waals surface area (Å²) < 4.78 is 5.50. The van der Waals surface area contributed by atoms with E-state index in [9.17, 15) is 0 Å². The fraction of sp³-hybridized carbons (Fsp3) is 0.273. The lowest BCUT2D eigenvalue weighted by atomic mass is 10.1. The summed E-state index contributed by atoms with van der Waals surface area (Å²) in [5, 5.41) is 6.69. The molecule has 27 heavy (non-hydrogen) atoms. The average molecular weight is 362 g/mol. The number of nitrogens with one attached hydrogen (secondary N) is 2. The molecule has 0 spiro atoms. The van der Waals surface area contributed by atoms with Gasteiger partial charge in [0.15, 0.2) is 0 Å². The van der Waals surface area contributed by atoms with Crippen molar-refractivity contribution in [2.75, 3.05) is 23.8 Å². The van der Waals surface area contributed by atoms with Gasteiger partial charge >= 0.3 is 0 Å². The van der Waals surface area contributed by atoms with E-state index in [0.717, 1.165) is 35.1 Å². The van der Waals surface area contributed by atoms with Crippen LogP contribution in [0.3, 0.4) is 0 Å². The Balaban J connectivity index is 1.87. The molecule has 2 aromatic carbocycles. The van der Waals surface area contributed by atoms with Crippen LogP contribution in [0.25, 0.3) is 11.3 Å². The Labute approximate surface area is 160 Å². The molecule has 0 fully saturated rings. The quantitative estimate of drug-likeness (QED) is 0.565. The summed E-state index contributed by atoms with van der Waals surface area (Å²) in [6.07, 6.45) is 0. The van der Waals surface area contributed by atoms with Gasteiger partial charge in [0.05, 0.1) is 12.3 Å². The fourth-order valence-corrected chi connectivity index (χ4v) is 2.59. The molecule has 140 valence electrons. The van der Waals surface area contributed by atoms with Gasteiger partial charge in [0.1, 0.15) is 11.6 Å². The van der Waals surface area contributed by atoms with Crippen LogP contribution in [0.2, 0.25) is 0 Å². The first kappa shape index (κ1) is 18.7. The molecule has 0 amide bonds. The average Bonchev–Trinajstić information content (AvgIpc) is 2.69. The van der Waals surface area contributed by atoms with Gasteiger partial charge in [-0.25, -0.2) is 4.98 Å². The van der Waals surface area contributed by atoms with E-state index in [0.29, 0.717) is 18.5 Å². The Hall–Kier alpha value is -3.08. The van der Waals surface area contributed by atoms with Gasteiger partial charge in [-0.15, -0.1) is 0 Å². The van der Waals surface area contributed by atoms with Crippen LogP contribution < -0.4 is 15.4 Å². The lowest BCUT2D eigenvalue weighted by molar-refractivity contribution is 0.340. The highest BCUT2D eigenvalue weighted by Gasteiger charge is 2.08. The van der Waals surface area contributed by atoms with Crippen molar-refractivity contribution >= 4 is 17.5 Å². The molecule has 2 N–H and O–H groups in total. The van der Waals surface area contributed by atoms with E-state index >= 15 is 0 Å². The fourth-order valence-electron chi connectivity index (χ4n) is 2.59. The summed E-state index contributed by atoms with van der Waals surface area (Å²) >= 11 is 0. The third-order valence-corrected chi connectivity index (χ3v) is 3.90. The summed E-state index contributed by atoms with van der Waals surface area (Å²) in [5.41, 5.74) is 2.89. The molecule has 5 heteroatoms. The number of hydrogen-bond donors (Lipinski definition) is 2. The minimum absolute atomic E-state index is 0.511. The van der Waals surface area contributed by atoms with Crippen LogP contribution in [0, 0.1) is 5.92 Å². The maximum absolute atomic E-state index is 5.50. The monoisotopic (exact) mass is 362 g/mol. The Bertz CT molecular complexity index is 848. The number of hydrogen-bond acceptors (Lipinski definition) is 5. The highest BCUT2D eigenvalue weighted by Crippen LogP contribution is 2.24. The van der Waals surface area contributed by atoms with Crippen LogP contribution in [0.5, 0.6) is 5.75 Å². The van der Waals surface area contributed by atoms with Crippen LogP contribution in [0.4, 0.5) is 17.5 Å². The van der Waals surface area contributed by atoms with Crippen LogP contribution in [-0.2, 0) is 0 Å². The minimum atomic E-state index is 0.511. The van der Waals surface area contributed by atoms with Gasteiger partial charge in [0.25, 0.3) is 0 Å². The zero-order valence-electron chi connectivity index (χ0n) is 16.1. The van der Waals surface area contributed by atoms with Gasteiger partial charge in [-0.1, -0.05) is 44.2 Å². The van der Waals surface area contributed by atoms with Crippen molar-refractivity contribution in [3.05, 3.63) is 60.7 Å². The molecule has 0 saturated carbocycles. The summed E-state index contributed by atoms with van der Waals surface area (Å²) in [6, 6.07) is 20.0. The molecule has 3 aromatic rings. The highest BCUT2D eigenvalue weighted by atomic mass is 16.5. The molecular formula is C22H26N4O. The minimum Gasteiger partial charge on any atom is -0.494 e. The first-order valence-corrected chi connectivity index (χ1v) is 9.32. The Morgan fingerprint density at radius 2 is 1.70 bits per heavy atom. The molecule has 0 radical (unpaired) electrons. The second-order valence-electron chi connectivity index (χ2n) is 6.69. The number of ether oxygens (including phenoxy) is 1. The van der Waals surface area contributed by atoms with Crippen molar-refractivity contribution in [3.63, 3.8) is 0 Å². The summed E-state index contributed by atoms with van der Waals surface area (Å²) in [4.78, 5) is 9.29. The predicted molar refractivity (Wildman–Crippen MR) is 112 cm³/mol. The molecule has 0 bridgehead atoms. The summed E-state index contributed by atoms with van der Waals surface area (Å²) in [7, 11) is 0. The zero-order chi connectivity index (χ0) is 19.1. The summed E-state index contributed by atoms with van der Waals surface area (Å²) in [5.74, 6) is 2.74. The number of nitrogens with zero attached hydrogens (tertiary/aromatic N) is 2. The van der Waals surface area contributed by atoms with E-state index in [1.165, 1.54) is 0 Å². The molecule has 1 aromatic heterocycles. The lowest BCUT2D eigenvalue weighted by Crippen LogP contribution is -2.11. The number of anilines is 3. The smallest absolute Gasteiger partial charge is 0.225 e. The standard InChI is InChI=1S/C22H26N4O/c1-4-27-19-12-10-18(11-13-19)24-21-14-20(17-8-6-5-7-9-17)25-22(26-21)23-15-16(2)3/h5-14,16H,4,15H2,1-3H3,(H2,23,24,25,26). The molecule has 0 aliphatic rings. The van der Waals surface area contributed by atoms with E-state index in [1.807, 2.05) is 55.5 Å². The summed E-state index contributed by atoms with van der Waals surface area (Å²) in [6.45, 7) is 7.77. The highest BCUT2D eigenvalue weighted by molar-refractivity contribution is 5.67. The molecular weight excluding hydrogens is 336 g/mol. The Kier molecular flexibility index (Phi) is 6.26. The van der Waals surface area contributed by atoms with Gasteiger partial charge in [-0.05, 0) is 37.1 Å². The van der Waals surface area contributed by atoms with Crippen LogP contribution in [-0.4, -0.2) is 23.1 Å². The largest absolute Gasteiger partial charge is 0.494 e. The van der Waals surface area contributed by atoms with Gasteiger partial charge in [0, 0.05) is 23.9 Å². The first-order chi connectivity index (χ1) is 13.1. The maximum atomic E-state index is 5.50. The molecule has 1 heterocycles.